The summed E-state index contributed by atoms with van der Waals surface area (Å²) in [5, 5.41) is 14.9. The van der Waals surface area contributed by atoms with Crippen LogP contribution >= 0.6 is 0 Å². The van der Waals surface area contributed by atoms with Gasteiger partial charge in [-0.05, 0) is 53.9 Å². The first-order valence-electron chi connectivity index (χ1n) is 11.6. The molecule has 172 valence electrons. The molecular formula is C26H28N2O5. The predicted molar refractivity (Wildman–Crippen MR) is 122 cm³/mol. The molecule has 2 fully saturated rings. The van der Waals surface area contributed by atoms with Crippen molar-refractivity contribution in [3.05, 3.63) is 59.7 Å². The summed E-state index contributed by atoms with van der Waals surface area (Å²) in [5.74, 6) is -1.18. The normalized spacial score (nSPS) is 22.2. The third-order valence-corrected chi connectivity index (χ3v) is 7.28. The van der Waals surface area contributed by atoms with Crippen molar-refractivity contribution in [2.75, 3.05) is 6.61 Å². The number of carbonyl (C=O) groups excluding carboxylic acids is 2. The molecule has 2 atom stereocenters. The molecule has 33 heavy (non-hydrogen) atoms. The Morgan fingerprint density at radius 3 is 2.21 bits per heavy atom. The number of hydrogen-bond acceptors (Lipinski definition) is 4. The maximum atomic E-state index is 12.9. The SMILES string of the molecule is O=C(O)CC1CCCC1NC(=O)C1(NC(=O)OCC2c3ccccc3-c3ccccc32)CC1. The number of alkyl carbamates (subject to hydrolysis) is 1. The van der Waals surface area contributed by atoms with Gasteiger partial charge >= 0.3 is 12.1 Å². The van der Waals surface area contributed by atoms with Gasteiger partial charge in [0.2, 0.25) is 5.91 Å². The summed E-state index contributed by atoms with van der Waals surface area (Å²) < 4.78 is 5.60. The van der Waals surface area contributed by atoms with Crippen LogP contribution < -0.4 is 10.6 Å². The van der Waals surface area contributed by atoms with Gasteiger partial charge in [0.1, 0.15) is 12.1 Å². The lowest BCUT2D eigenvalue weighted by molar-refractivity contribution is -0.138. The lowest BCUT2D eigenvalue weighted by Gasteiger charge is -2.24. The molecule has 0 spiro atoms. The summed E-state index contributed by atoms with van der Waals surface area (Å²) in [5.41, 5.74) is 3.64. The number of carboxylic acids is 1. The summed E-state index contributed by atoms with van der Waals surface area (Å²) in [7, 11) is 0. The summed E-state index contributed by atoms with van der Waals surface area (Å²) in [6, 6.07) is 16.1. The van der Waals surface area contributed by atoms with Crippen molar-refractivity contribution in [2.24, 2.45) is 5.92 Å². The van der Waals surface area contributed by atoms with Crippen LogP contribution in [0.3, 0.4) is 0 Å². The highest BCUT2D eigenvalue weighted by atomic mass is 16.5. The molecular weight excluding hydrogens is 420 g/mol. The Bertz CT molecular complexity index is 1050. The summed E-state index contributed by atoms with van der Waals surface area (Å²) in [4.78, 5) is 36.6. The lowest BCUT2D eigenvalue weighted by Crippen LogP contribution is -2.52. The number of benzene rings is 2. The zero-order valence-electron chi connectivity index (χ0n) is 18.4. The van der Waals surface area contributed by atoms with Gasteiger partial charge in [-0.25, -0.2) is 4.79 Å². The molecule has 2 aromatic rings. The van der Waals surface area contributed by atoms with E-state index in [1.807, 2.05) is 24.3 Å². The van der Waals surface area contributed by atoms with Crippen LogP contribution in [0.4, 0.5) is 4.79 Å². The zero-order valence-corrected chi connectivity index (χ0v) is 18.4. The Hall–Kier alpha value is -3.35. The highest BCUT2D eigenvalue weighted by molar-refractivity contribution is 5.93. The summed E-state index contributed by atoms with van der Waals surface area (Å²) in [6.07, 6.45) is 3.03. The minimum atomic E-state index is -0.945. The van der Waals surface area contributed by atoms with E-state index in [1.54, 1.807) is 0 Å². The van der Waals surface area contributed by atoms with Crippen molar-refractivity contribution in [1.82, 2.24) is 10.6 Å². The van der Waals surface area contributed by atoms with Gasteiger partial charge < -0.3 is 20.5 Å². The number of carbonyl (C=O) groups is 3. The molecule has 5 rings (SSSR count). The van der Waals surface area contributed by atoms with Gasteiger partial charge in [-0.15, -0.1) is 0 Å². The van der Waals surface area contributed by atoms with Crippen LogP contribution in [-0.2, 0) is 14.3 Å². The van der Waals surface area contributed by atoms with Crippen molar-refractivity contribution in [3.8, 4) is 11.1 Å². The predicted octanol–water partition coefficient (Wildman–Crippen LogP) is 3.82. The molecule has 3 N–H and O–H groups in total. The largest absolute Gasteiger partial charge is 0.481 e. The van der Waals surface area contributed by atoms with Crippen LogP contribution in [0.2, 0.25) is 0 Å². The van der Waals surface area contributed by atoms with Crippen molar-refractivity contribution in [2.45, 2.75) is 56.0 Å². The van der Waals surface area contributed by atoms with Crippen molar-refractivity contribution < 1.29 is 24.2 Å². The number of amides is 2. The molecule has 0 radical (unpaired) electrons. The minimum Gasteiger partial charge on any atom is -0.481 e. The van der Waals surface area contributed by atoms with E-state index in [1.165, 1.54) is 0 Å². The number of nitrogens with one attached hydrogen (secondary N) is 2. The Morgan fingerprint density at radius 1 is 0.970 bits per heavy atom. The molecule has 2 unspecified atom stereocenters. The highest BCUT2D eigenvalue weighted by Crippen LogP contribution is 2.44. The van der Waals surface area contributed by atoms with Gasteiger partial charge in [-0.3, -0.25) is 9.59 Å². The fraction of sp³-hybridized carbons (Fsp3) is 0.423. The van der Waals surface area contributed by atoms with E-state index in [0.717, 1.165) is 41.5 Å². The van der Waals surface area contributed by atoms with Gasteiger partial charge in [0.25, 0.3) is 0 Å². The third kappa shape index (κ3) is 4.19. The molecule has 2 amide bonds. The molecule has 0 aliphatic heterocycles. The quantitative estimate of drug-likeness (QED) is 0.597. The second-order valence-electron chi connectivity index (χ2n) is 9.40. The Labute approximate surface area is 192 Å². The molecule has 3 aliphatic rings. The molecule has 7 heteroatoms. The number of ether oxygens (including phenoxy) is 1. The Balaban J connectivity index is 1.20. The first-order chi connectivity index (χ1) is 16.0. The lowest BCUT2D eigenvalue weighted by atomic mass is 9.98. The molecule has 0 bridgehead atoms. The van der Waals surface area contributed by atoms with Crippen LogP contribution in [0.25, 0.3) is 11.1 Å². The maximum absolute atomic E-state index is 12.9. The van der Waals surface area contributed by atoms with Crippen molar-refractivity contribution in [3.63, 3.8) is 0 Å². The van der Waals surface area contributed by atoms with Gasteiger partial charge in [-0.1, -0.05) is 55.0 Å². The topological polar surface area (TPSA) is 105 Å². The third-order valence-electron chi connectivity index (χ3n) is 7.28. The standard InChI is InChI=1S/C26H28N2O5/c29-23(30)14-16-6-5-11-22(16)27-24(31)26(12-13-26)28-25(32)33-15-21-19-9-3-1-7-17(19)18-8-2-4-10-20(18)21/h1-4,7-10,16,21-22H,5-6,11-15H2,(H,27,31)(H,28,32)(H,29,30). The summed E-state index contributed by atoms with van der Waals surface area (Å²) >= 11 is 0. The number of hydrogen-bond donors (Lipinski definition) is 3. The maximum Gasteiger partial charge on any atom is 0.408 e. The number of aliphatic carboxylic acids is 1. The van der Waals surface area contributed by atoms with Gasteiger partial charge in [0.05, 0.1) is 6.42 Å². The first kappa shape index (κ1) is 21.5. The molecule has 0 heterocycles. The van der Waals surface area contributed by atoms with E-state index in [4.69, 9.17) is 9.84 Å². The van der Waals surface area contributed by atoms with Crippen LogP contribution in [-0.4, -0.2) is 41.3 Å². The minimum absolute atomic E-state index is 0.0394. The van der Waals surface area contributed by atoms with Gasteiger partial charge in [0.15, 0.2) is 0 Å². The van der Waals surface area contributed by atoms with Crippen LogP contribution in [0.15, 0.2) is 48.5 Å². The molecule has 7 nitrogen and oxygen atoms in total. The van der Waals surface area contributed by atoms with Crippen molar-refractivity contribution in [1.29, 1.82) is 0 Å². The average molecular weight is 449 g/mol. The molecule has 2 saturated carbocycles. The fourth-order valence-corrected chi connectivity index (χ4v) is 5.37. The first-order valence-corrected chi connectivity index (χ1v) is 11.6. The second-order valence-corrected chi connectivity index (χ2v) is 9.40. The summed E-state index contributed by atoms with van der Waals surface area (Å²) in [6.45, 7) is 0.195. The molecule has 3 aliphatic carbocycles. The van der Waals surface area contributed by atoms with E-state index < -0.39 is 17.6 Å². The second kappa shape index (κ2) is 8.54. The van der Waals surface area contributed by atoms with E-state index in [2.05, 4.69) is 34.9 Å². The fourth-order valence-electron chi connectivity index (χ4n) is 5.37. The Morgan fingerprint density at radius 2 is 1.61 bits per heavy atom. The van der Waals surface area contributed by atoms with Crippen LogP contribution in [0.1, 0.15) is 55.6 Å². The molecule has 2 aromatic carbocycles. The van der Waals surface area contributed by atoms with Gasteiger partial charge in [-0.2, -0.15) is 0 Å². The van der Waals surface area contributed by atoms with E-state index in [0.29, 0.717) is 12.8 Å². The van der Waals surface area contributed by atoms with Crippen LogP contribution in [0, 0.1) is 5.92 Å². The van der Waals surface area contributed by atoms with E-state index >= 15 is 0 Å². The van der Waals surface area contributed by atoms with Crippen molar-refractivity contribution >= 4 is 18.0 Å². The highest BCUT2D eigenvalue weighted by Gasteiger charge is 2.52. The zero-order chi connectivity index (χ0) is 23.0. The van der Waals surface area contributed by atoms with Gasteiger partial charge in [0, 0.05) is 12.0 Å². The Kier molecular flexibility index (Phi) is 5.56. The van der Waals surface area contributed by atoms with Crippen LogP contribution in [0.5, 0.6) is 0 Å². The average Bonchev–Trinajstić information content (AvgIpc) is 3.35. The number of carboxylic acid groups (broad SMARTS) is 1. The van der Waals surface area contributed by atoms with E-state index in [9.17, 15) is 14.4 Å². The monoisotopic (exact) mass is 448 g/mol. The smallest absolute Gasteiger partial charge is 0.408 e. The number of rotatable bonds is 7. The molecule has 0 saturated heterocycles. The van der Waals surface area contributed by atoms with E-state index in [-0.39, 0.29) is 36.8 Å². The molecule has 0 aromatic heterocycles. The number of fused-ring (bicyclic) bond motifs is 3.